The molecule has 0 saturated heterocycles. The number of benzene rings is 2. The molecule has 1 heterocycles. The van der Waals surface area contributed by atoms with Crippen molar-refractivity contribution >= 4 is 5.91 Å². The van der Waals surface area contributed by atoms with Gasteiger partial charge in [0.25, 0.3) is 5.91 Å². The van der Waals surface area contributed by atoms with Gasteiger partial charge in [-0.05, 0) is 54.3 Å². The second kappa shape index (κ2) is 5.85. The van der Waals surface area contributed by atoms with E-state index in [4.69, 9.17) is 0 Å². The highest BCUT2D eigenvalue weighted by Gasteiger charge is 2.15. The first kappa shape index (κ1) is 13.5. The van der Waals surface area contributed by atoms with E-state index >= 15 is 0 Å². The van der Waals surface area contributed by atoms with Crippen LogP contribution in [0.3, 0.4) is 0 Å². The lowest BCUT2D eigenvalue weighted by Crippen LogP contribution is -2.31. The van der Waals surface area contributed by atoms with Crippen molar-refractivity contribution < 1.29 is 4.79 Å². The van der Waals surface area contributed by atoms with Crippen LogP contribution in [0.4, 0.5) is 0 Å². The first-order valence-corrected chi connectivity index (χ1v) is 7.28. The molecule has 0 radical (unpaired) electrons. The van der Waals surface area contributed by atoms with Gasteiger partial charge in [-0.1, -0.05) is 30.9 Å². The molecule has 0 aliphatic carbocycles. The third-order valence-electron chi connectivity index (χ3n) is 3.72. The number of carbonyl (C=O) groups is 1. The molecule has 2 heteroatoms. The molecule has 2 aromatic carbocycles. The molecule has 2 nitrogen and oxygen atoms in total. The first-order valence-electron chi connectivity index (χ1n) is 7.28. The summed E-state index contributed by atoms with van der Waals surface area (Å²) < 4.78 is 0. The maximum absolute atomic E-state index is 11.7. The monoisotopic (exact) mass is 275 g/mol. The fraction of sp³-hybridized carbons (Fsp3) is 0.211. The number of amides is 1. The Hall–Kier alpha value is -2.53. The van der Waals surface area contributed by atoms with Crippen molar-refractivity contribution in [1.82, 2.24) is 5.32 Å². The second-order valence-electron chi connectivity index (χ2n) is 5.18. The van der Waals surface area contributed by atoms with Gasteiger partial charge in [-0.2, -0.15) is 0 Å². The van der Waals surface area contributed by atoms with Gasteiger partial charge in [0, 0.05) is 23.2 Å². The highest BCUT2D eigenvalue weighted by molar-refractivity contribution is 5.96. The normalized spacial score (nSPS) is 12.9. The number of rotatable bonds is 1. The van der Waals surface area contributed by atoms with Crippen LogP contribution in [-0.4, -0.2) is 12.5 Å². The topological polar surface area (TPSA) is 29.1 Å². The molecule has 0 saturated carbocycles. The van der Waals surface area contributed by atoms with E-state index in [1.54, 1.807) is 0 Å². The fourth-order valence-electron chi connectivity index (χ4n) is 2.52. The van der Waals surface area contributed by atoms with Gasteiger partial charge in [-0.3, -0.25) is 4.79 Å². The van der Waals surface area contributed by atoms with Gasteiger partial charge < -0.3 is 5.32 Å². The number of carbonyl (C=O) groups excluding carboxylic acids is 1. The van der Waals surface area contributed by atoms with Gasteiger partial charge in [-0.25, -0.2) is 0 Å². The minimum Gasteiger partial charge on any atom is -0.352 e. The van der Waals surface area contributed by atoms with Crippen LogP contribution >= 0.6 is 0 Å². The molecule has 0 unspecified atom stereocenters. The summed E-state index contributed by atoms with van der Waals surface area (Å²) in [5.41, 5.74) is 5.16. The summed E-state index contributed by atoms with van der Waals surface area (Å²) in [5, 5.41) is 2.85. The van der Waals surface area contributed by atoms with Crippen molar-refractivity contribution in [3.63, 3.8) is 0 Å². The maximum Gasteiger partial charge on any atom is 0.251 e. The minimum atomic E-state index is 0.0198. The van der Waals surface area contributed by atoms with E-state index in [2.05, 4.69) is 36.2 Å². The Morgan fingerprint density at radius 2 is 1.90 bits per heavy atom. The molecule has 104 valence electrons. The van der Waals surface area contributed by atoms with Gasteiger partial charge >= 0.3 is 0 Å². The zero-order valence-corrected chi connectivity index (χ0v) is 12.1. The number of aryl methyl sites for hydroxylation is 1. The number of hydrogen-bond donors (Lipinski definition) is 1. The molecule has 1 amide bonds. The van der Waals surface area contributed by atoms with E-state index in [1.165, 1.54) is 5.56 Å². The smallest absolute Gasteiger partial charge is 0.251 e. The Morgan fingerprint density at radius 1 is 1.10 bits per heavy atom. The van der Waals surface area contributed by atoms with Crippen molar-refractivity contribution in [1.29, 1.82) is 0 Å². The zero-order chi connectivity index (χ0) is 14.7. The quantitative estimate of drug-likeness (QED) is 0.797. The molecule has 0 fully saturated rings. The van der Waals surface area contributed by atoms with E-state index < -0.39 is 0 Å². The zero-order valence-electron chi connectivity index (χ0n) is 12.1. The minimum absolute atomic E-state index is 0.0198. The second-order valence-corrected chi connectivity index (χ2v) is 5.18. The van der Waals surface area contributed by atoms with Crippen molar-refractivity contribution in [3.8, 4) is 11.8 Å². The Labute approximate surface area is 125 Å². The SMILES string of the molecule is CCc1cccc(C#Cc2ccc3c(c2)CCNC3=O)c1. The van der Waals surface area contributed by atoms with E-state index in [-0.39, 0.29) is 5.91 Å². The standard InChI is InChI=1S/C19H17NO/c1-2-14-4-3-5-15(12-14)6-7-16-8-9-18-17(13-16)10-11-20-19(18)21/h3-5,8-9,12-13H,2,10-11H2,1H3,(H,20,21). The Morgan fingerprint density at radius 3 is 2.71 bits per heavy atom. The summed E-state index contributed by atoms with van der Waals surface area (Å²) in [4.78, 5) is 11.7. The number of fused-ring (bicyclic) bond motifs is 1. The van der Waals surface area contributed by atoms with Crippen molar-refractivity contribution in [2.75, 3.05) is 6.54 Å². The molecule has 0 atom stereocenters. The molecule has 0 spiro atoms. The number of nitrogens with one attached hydrogen (secondary N) is 1. The highest BCUT2D eigenvalue weighted by Crippen LogP contribution is 2.15. The lowest BCUT2D eigenvalue weighted by Gasteiger charge is -2.16. The molecule has 21 heavy (non-hydrogen) atoms. The maximum atomic E-state index is 11.7. The molecule has 1 aliphatic rings. The molecular formula is C19H17NO. The third-order valence-corrected chi connectivity index (χ3v) is 3.72. The predicted molar refractivity (Wildman–Crippen MR) is 84.3 cm³/mol. The Bertz CT molecular complexity index is 750. The molecule has 0 aromatic heterocycles. The lowest BCUT2D eigenvalue weighted by atomic mass is 9.98. The van der Waals surface area contributed by atoms with Crippen LogP contribution in [0.25, 0.3) is 0 Å². The van der Waals surface area contributed by atoms with Gasteiger partial charge in [0.1, 0.15) is 0 Å². The first-order chi connectivity index (χ1) is 10.3. The molecular weight excluding hydrogens is 258 g/mol. The van der Waals surface area contributed by atoms with E-state index in [0.29, 0.717) is 6.54 Å². The third kappa shape index (κ3) is 2.98. The van der Waals surface area contributed by atoms with Crippen molar-refractivity contribution in [3.05, 3.63) is 70.3 Å². The average Bonchev–Trinajstić information content (AvgIpc) is 2.53. The summed E-state index contributed by atoms with van der Waals surface area (Å²) >= 11 is 0. The summed E-state index contributed by atoms with van der Waals surface area (Å²) in [7, 11) is 0. The van der Waals surface area contributed by atoms with Crippen LogP contribution in [0.15, 0.2) is 42.5 Å². The molecule has 0 bridgehead atoms. The van der Waals surface area contributed by atoms with Gasteiger partial charge in [-0.15, -0.1) is 0 Å². The largest absolute Gasteiger partial charge is 0.352 e. The van der Waals surface area contributed by atoms with Crippen LogP contribution in [0.2, 0.25) is 0 Å². The predicted octanol–water partition coefficient (Wildman–Crippen LogP) is 2.93. The van der Waals surface area contributed by atoms with Crippen LogP contribution in [0, 0.1) is 11.8 Å². The lowest BCUT2D eigenvalue weighted by molar-refractivity contribution is 0.0946. The van der Waals surface area contributed by atoms with Crippen molar-refractivity contribution in [2.45, 2.75) is 19.8 Å². The van der Waals surface area contributed by atoms with Crippen molar-refractivity contribution in [2.24, 2.45) is 0 Å². The van der Waals surface area contributed by atoms with Crippen LogP contribution < -0.4 is 5.32 Å². The van der Waals surface area contributed by atoms with Gasteiger partial charge in [0.2, 0.25) is 0 Å². The summed E-state index contributed by atoms with van der Waals surface area (Å²) in [6.45, 7) is 2.85. The highest BCUT2D eigenvalue weighted by atomic mass is 16.1. The molecule has 2 aromatic rings. The summed E-state index contributed by atoms with van der Waals surface area (Å²) in [6.07, 6.45) is 1.89. The Balaban J connectivity index is 1.89. The molecule has 1 N–H and O–H groups in total. The van der Waals surface area contributed by atoms with Crippen LogP contribution in [-0.2, 0) is 12.8 Å². The van der Waals surface area contributed by atoms with Gasteiger partial charge in [0.15, 0.2) is 0 Å². The molecule has 1 aliphatic heterocycles. The summed E-state index contributed by atoms with van der Waals surface area (Å²) in [5.74, 6) is 6.42. The fourth-order valence-corrected chi connectivity index (χ4v) is 2.52. The van der Waals surface area contributed by atoms with Crippen LogP contribution in [0.5, 0.6) is 0 Å². The average molecular weight is 275 g/mol. The molecule has 3 rings (SSSR count). The van der Waals surface area contributed by atoms with E-state index in [9.17, 15) is 4.79 Å². The van der Waals surface area contributed by atoms with E-state index in [1.807, 2.05) is 30.3 Å². The van der Waals surface area contributed by atoms with Crippen LogP contribution in [0.1, 0.15) is 39.5 Å². The summed E-state index contributed by atoms with van der Waals surface area (Å²) in [6, 6.07) is 14.1. The Kier molecular flexibility index (Phi) is 3.75. The van der Waals surface area contributed by atoms with Gasteiger partial charge in [0.05, 0.1) is 0 Å². The van der Waals surface area contributed by atoms with E-state index in [0.717, 1.165) is 35.1 Å². The number of hydrogen-bond acceptors (Lipinski definition) is 1.